The Bertz CT molecular complexity index is 1120. The van der Waals surface area contributed by atoms with Crippen LogP contribution in [0.2, 0.25) is 5.02 Å². The van der Waals surface area contributed by atoms with Gasteiger partial charge in [-0.15, -0.1) is 0 Å². The zero-order valence-electron chi connectivity index (χ0n) is 22.7. The van der Waals surface area contributed by atoms with E-state index in [0.29, 0.717) is 23.3 Å². The summed E-state index contributed by atoms with van der Waals surface area (Å²) in [6.45, 7) is 7.50. The monoisotopic (exact) mass is 544 g/mol. The summed E-state index contributed by atoms with van der Waals surface area (Å²) in [4.78, 5) is 42.1. The molecule has 3 rings (SSSR count). The molecule has 2 aromatic rings. The summed E-state index contributed by atoms with van der Waals surface area (Å²) in [5.41, 5.74) is 1.05. The van der Waals surface area contributed by atoms with Gasteiger partial charge in [-0.25, -0.2) is 9.78 Å². The number of carbonyl (C=O) groups excluding carboxylic acids is 3. The maximum Gasteiger partial charge on any atom is 0.328 e. The number of ether oxygens (including phenoxy) is 3. The van der Waals surface area contributed by atoms with E-state index in [1.807, 2.05) is 31.2 Å². The molecule has 1 aliphatic rings. The molecular formula is C29H37ClN2O6. The third kappa shape index (κ3) is 7.93. The second kappa shape index (κ2) is 13.6. The van der Waals surface area contributed by atoms with E-state index in [4.69, 9.17) is 25.8 Å². The minimum Gasteiger partial charge on any atom is -0.493 e. The molecular weight excluding hydrogens is 508 g/mol. The van der Waals surface area contributed by atoms with Gasteiger partial charge in [0, 0.05) is 24.2 Å². The van der Waals surface area contributed by atoms with E-state index in [9.17, 15) is 14.4 Å². The van der Waals surface area contributed by atoms with E-state index in [1.165, 1.54) is 31.9 Å². The molecule has 1 aromatic carbocycles. The normalized spacial score (nSPS) is 22.0. The highest BCUT2D eigenvalue weighted by molar-refractivity contribution is 6.30. The standard InChI is InChI=1S/C29H37ClN2O6/c1-17(2)15-23-18(3)37-29(35)24(8-6-7-21(23)16-20-9-11-22(30)12-10-20)32-28(34)26-27(38-19(4)33)25(36-5)13-14-31-26/h9-14,17-18,21,23-24H,6-8,15-16H2,1-5H3,(H,32,34). The number of methoxy groups -OCH3 is 1. The van der Waals surface area contributed by atoms with E-state index in [2.05, 4.69) is 24.1 Å². The van der Waals surface area contributed by atoms with Crippen molar-refractivity contribution in [2.45, 2.75) is 71.9 Å². The molecule has 1 saturated heterocycles. The van der Waals surface area contributed by atoms with Crippen LogP contribution in [0, 0.1) is 17.8 Å². The number of amides is 1. The molecule has 0 saturated carbocycles. The van der Waals surface area contributed by atoms with E-state index in [-0.39, 0.29) is 29.2 Å². The second-order valence-corrected chi connectivity index (χ2v) is 10.7. The Morgan fingerprint density at radius 2 is 1.89 bits per heavy atom. The predicted molar refractivity (Wildman–Crippen MR) is 144 cm³/mol. The number of halogens is 1. The van der Waals surface area contributed by atoms with Crippen molar-refractivity contribution in [1.29, 1.82) is 0 Å². The molecule has 2 heterocycles. The van der Waals surface area contributed by atoms with Crippen molar-refractivity contribution in [1.82, 2.24) is 10.3 Å². The number of nitrogens with one attached hydrogen (secondary N) is 1. The second-order valence-electron chi connectivity index (χ2n) is 10.3. The van der Waals surface area contributed by atoms with Gasteiger partial charge in [-0.05, 0) is 68.1 Å². The summed E-state index contributed by atoms with van der Waals surface area (Å²) in [7, 11) is 1.40. The molecule has 0 aliphatic carbocycles. The Morgan fingerprint density at radius 1 is 1.18 bits per heavy atom. The first kappa shape index (κ1) is 29.4. The van der Waals surface area contributed by atoms with Gasteiger partial charge in [0.15, 0.2) is 11.4 Å². The van der Waals surface area contributed by atoms with Gasteiger partial charge >= 0.3 is 11.9 Å². The number of cyclic esters (lactones) is 1. The summed E-state index contributed by atoms with van der Waals surface area (Å²) >= 11 is 6.09. The average Bonchev–Trinajstić information content (AvgIpc) is 2.90. The Kier molecular flexibility index (Phi) is 10.5. The fraction of sp³-hybridized carbons (Fsp3) is 0.517. The van der Waals surface area contributed by atoms with Gasteiger partial charge in [0.25, 0.3) is 5.91 Å². The fourth-order valence-electron chi connectivity index (χ4n) is 5.11. The minimum absolute atomic E-state index is 0.0928. The first-order valence-electron chi connectivity index (χ1n) is 13.1. The first-order chi connectivity index (χ1) is 18.1. The van der Waals surface area contributed by atoms with Crippen molar-refractivity contribution in [2.75, 3.05) is 7.11 Å². The number of hydrogen-bond acceptors (Lipinski definition) is 7. The molecule has 1 fully saturated rings. The van der Waals surface area contributed by atoms with Crippen LogP contribution in [-0.4, -0.2) is 42.1 Å². The number of rotatable bonds is 8. The smallest absolute Gasteiger partial charge is 0.328 e. The molecule has 0 radical (unpaired) electrons. The van der Waals surface area contributed by atoms with E-state index in [1.54, 1.807) is 0 Å². The maximum atomic E-state index is 13.2. The van der Waals surface area contributed by atoms with Gasteiger partial charge in [-0.1, -0.05) is 44.0 Å². The van der Waals surface area contributed by atoms with Gasteiger partial charge in [0.05, 0.1) is 7.11 Å². The Labute approximate surface area is 229 Å². The Balaban J connectivity index is 1.81. The molecule has 1 amide bonds. The van der Waals surface area contributed by atoms with Gasteiger partial charge in [-0.3, -0.25) is 9.59 Å². The van der Waals surface area contributed by atoms with Crippen molar-refractivity contribution in [3.05, 3.63) is 52.8 Å². The zero-order chi connectivity index (χ0) is 27.8. The van der Waals surface area contributed by atoms with Crippen molar-refractivity contribution < 1.29 is 28.6 Å². The van der Waals surface area contributed by atoms with Gasteiger partial charge in [0.2, 0.25) is 5.75 Å². The molecule has 38 heavy (non-hydrogen) atoms. The van der Waals surface area contributed by atoms with Crippen LogP contribution in [0.3, 0.4) is 0 Å². The predicted octanol–water partition coefficient (Wildman–Crippen LogP) is 5.40. The number of pyridine rings is 1. The quantitative estimate of drug-likeness (QED) is 0.443. The molecule has 4 atom stereocenters. The number of aromatic nitrogens is 1. The van der Waals surface area contributed by atoms with Crippen LogP contribution in [0.15, 0.2) is 36.5 Å². The van der Waals surface area contributed by atoms with Gasteiger partial charge in [0.1, 0.15) is 12.1 Å². The number of nitrogens with zero attached hydrogens (tertiary/aromatic N) is 1. The Hall–Kier alpha value is -3.13. The lowest BCUT2D eigenvalue weighted by atomic mass is 9.76. The molecule has 206 valence electrons. The lowest BCUT2D eigenvalue weighted by Crippen LogP contribution is -2.43. The number of esters is 2. The highest BCUT2D eigenvalue weighted by Gasteiger charge is 2.35. The molecule has 1 aromatic heterocycles. The van der Waals surface area contributed by atoms with Crippen molar-refractivity contribution >= 4 is 29.4 Å². The van der Waals surface area contributed by atoms with E-state index >= 15 is 0 Å². The summed E-state index contributed by atoms with van der Waals surface area (Å²) < 4.78 is 16.4. The molecule has 4 unspecified atom stereocenters. The molecule has 0 bridgehead atoms. The van der Waals surface area contributed by atoms with Crippen LogP contribution in [-0.2, 0) is 20.7 Å². The highest BCUT2D eigenvalue weighted by atomic mass is 35.5. The Morgan fingerprint density at radius 3 is 2.53 bits per heavy atom. The minimum atomic E-state index is -0.864. The van der Waals surface area contributed by atoms with Crippen molar-refractivity contribution in [2.24, 2.45) is 17.8 Å². The van der Waals surface area contributed by atoms with Crippen LogP contribution in [0.25, 0.3) is 0 Å². The molecule has 8 nitrogen and oxygen atoms in total. The van der Waals surface area contributed by atoms with Crippen LogP contribution in [0.4, 0.5) is 0 Å². The van der Waals surface area contributed by atoms with Crippen molar-refractivity contribution in [3.8, 4) is 11.5 Å². The largest absolute Gasteiger partial charge is 0.493 e. The van der Waals surface area contributed by atoms with Gasteiger partial charge in [-0.2, -0.15) is 0 Å². The fourth-order valence-corrected chi connectivity index (χ4v) is 5.24. The lowest BCUT2D eigenvalue weighted by Gasteiger charge is -2.32. The third-order valence-corrected chi connectivity index (χ3v) is 7.12. The average molecular weight is 545 g/mol. The number of benzene rings is 1. The topological polar surface area (TPSA) is 104 Å². The van der Waals surface area contributed by atoms with E-state index in [0.717, 1.165) is 25.7 Å². The van der Waals surface area contributed by atoms with E-state index < -0.39 is 23.9 Å². The summed E-state index contributed by atoms with van der Waals surface area (Å²) in [6.07, 6.45) is 4.84. The lowest BCUT2D eigenvalue weighted by molar-refractivity contribution is -0.154. The van der Waals surface area contributed by atoms with Crippen LogP contribution in [0.1, 0.15) is 69.4 Å². The molecule has 0 spiro atoms. The summed E-state index contributed by atoms with van der Waals surface area (Å²) in [5, 5.41) is 3.45. The highest BCUT2D eigenvalue weighted by Crippen LogP contribution is 2.35. The first-order valence-corrected chi connectivity index (χ1v) is 13.4. The number of hydrogen-bond donors (Lipinski definition) is 1. The number of carbonyl (C=O) groups is 3. The molecule has 1 N–H and O–H groups in total. The van der Waals surface area contributed by atoms with Crippen LogP contribution < -0.4 is 14.8 Å². The van der Waals surface area contributed by atoms with Crippen LogP contribution >= 0.6 is 11.6 Å². The molecule has 9 heteroatoms. The summed E-state index contributed by atoms with van der Waals surface area (Å²) in [6, 6.07) is 8.51. The SMILES string of the molecule is COc1ccnc(C(=O)NC2CCCC(Cc3ccc(Cl)cc3)C(CC(C)C)C(C)OC2=O)c1OC(C)=O. The van der Waals surface area contributed by atoms with Gasteiger partial charge < -0.3 is 19.5 Å². The van der Waals surface area contributed by atoms with Crippen LogP contribution in [0.5, 0.6) is 11.5 Å². The maximum absolute atomic E-state index is 13.2. The summed E-state index contributed by atoms with van der Waals surface area (Å²) in [5.74, 6) is -0.759. The van der Waals surface area contributed by atoms with Crippen molar-refractivity contribution in [3.63, 3.8) is 0 Å². The third-order valence-electron chi connectivity index (χ3n) is 6.87. The molecule has 1 aliphatic heterocycles. The zero-order valence-corrected chi connectivity index (χ0v) is 23.4.